The maximum atomic E-state index is 10.8. The summed E-state index contributed by atoms with van der Waals surface area (Å²) in [5.41, 5.74) is 0. The zero-order valence-corrected chi connectivity index (χ0v) is 10.4. The van der Waals surface area contributed by atoms with E-state index in [2.05, 4.69) is 46.4 Å². The number of rotatable bonds is 3. The van der Waals surface area contributed by atoms with Crippen molar-refractivity contribution in [3.05, 3.63) is 17.9 Å². The van der Waals surface area contributed by atoms with Crippen molar-refractivity contribution in [1.29, 1.82) is 0 Å². The van der Waals surface area contributed by atoms with Crippen molar-refractivity contribution in [1.82, 2.24) is 0 Å². The van der Waals surface area contributed by atoms with Crippen molar-refractivity contribution in [2.24, 2.45) is 0 Å². The molecule has 0 saturated carbocycles. The minimum atomic E-state index is -1.63. The molecule has 0 saturated heterocycles. The van der Waals surface area contributed by atoms with Gasteiger partial charge in [0.05, 0.1) is 8.07 Å². The highest BCUT2D eigenvalue weighted by molar-refractivity contribution is 6.87. The van der Waals surface area contributed by atoms with Crippen LogP contribution in [0.25, 0.3) is 0 Å². The summed E-state index contributed by atoms with van der Waals surface area (Å²) in [5.74, 6) is 2.11. The third-order valence-electron chi connectivity index (χ3n) is 3.10. The fourth-order valence-electron chi connectivity index (χ4n) is 1.02. The Bertz CT molecular complexity index is 239. The zero-order valence-electron chi connectivity index (χ0n) is 9.40. The molecule has 0 aromatic heterocycles. The molecule has 13 heavy (non-hydrogen) atoms. The number of allylic oxidation sites excluding steroid dienone is 2. The van der Waals surface area contributed by atoms with Gasteiger partial charge >= 0.3 is 0 Å². The molecule has 0 spiro atoms. The van der Waals surface area contributed by atoms with E-state index in [1.165, 1.54) is 0 Å². The third-order valence-corrected chi connectivity index (χ3v) is 8.67. The van der Waals surface area contributed by atoms with Crippen molar-refractivity contribution < 1.29 is 4.79 Å². The second kappa shape index (κ2) is 4.08. The fourth-order valence-corrected chi connectivity index (χ4v) is 2.84. The van der Waals surface area contributed by atoms with E-state index in [0.717, 1.165) is 5.20 Å². The van der Waals surface area contributed by atoms with Gasteiger partial charge in [-0.3, -0.25) is 0 Å². The molecule has 0 bridgehead atoms. The normalized spacial score (nSPS) is 12.1. The summed E-state index contributed by atoms with van der Waals surface area (Å²) in [7, 11) is -1.63. The first-order valence-electron chi connectivity index (χ1n) is 4.62. The topological polar surface area (TPSA) is 17.1 Å². The second-order valence-electron chi connectivity index (χ2n) is 4.95. The fraction of sp³-hybridized carbons (Fsp3) is 0.636. The smallest absolute Gasteiger partial charge is 0.119 e. The molecule has 0 aliphatic heterocycles. The number of hydrogen-bond acceptors (Lipinski definition) is 1. The summed E-state index contributed by atoms with van der Waals surface area (Å²) < 4.78 is 0. The van der Waals surface area contributed by atoms with Gasteiger partial charge < -0.3 is 0 Å². The Morgan fingerprint density at radius 1 is 1.46 bits per heavy atom. The van der Waals surface area contributed by atoms with Crippen molar-refractivity contribution in [3.8, 4) is 0 Å². The Morgan fingerprint density at radius 3 is 2.15 bits per heavy atom. The lowest BCUT2D eigenvalue weighted by Gasteiger charge is -2.37. The Hall–Kier alpha value is -0.593. The maximum absolute atomic E-state index is 10.8. The molecule has 0 heterocycles. The maximum Gasteiger partial charge on any atom is 0.119 e. The lowest BCUT2D eigenvalue weighted by Crippen LogP contribution is -2.40. The monoisotopic (exact) mass is 196 g/mol. The molecule has 0 aromatic carbocycles. The van der Waals surface area contributed by atoms with E-state index in [0.29, 0.717) is 6.42 Å². The molecule has 74 valence electrons. The van der Waals surface area contributed by atoms with Gasteiger partial charge in [-0.15, -0.1) is 6.58 Å². The summed E-state index contributed by atoms with van der Waals surface area (Å²) in [5, 5.41) is 1.15. The van der Waals surface area contributed by atoms with Crippen LogP contribution in [-0.4, -0.2) is 14.0 Å². The molecule has 2 heteroatoms. The van der Waals surface area contributed by atoms with Gasteiger partial charge in [-0.05, 0) is 11.5 Å². The van der Waals surface area contributed by atoms with Crippen LogP contribution >= 0.6 is 0 Å². The van der Waals surface area contributed by atoms with Gasteiger partial charge in [-0.1, -0.05) is 39.9 Å². The summed E-state index contributed by atoms with van der Waals surface area (Å²) in [6.07, 6.45) is 2.49. The minimum Gasteiger partial charge on any atom is -0.234 e. The van der Waals surface area contributed by atoms with Crippen LogP contribution in [0.2, 0.25) is 18.1 Å². The standard InChI is InChI=1S/C11H20OSi/c1-7-8-10(9-12)13(5,6)11(2,3)4/h7H,1,8H2,2-6H3. The Labute approximate surface area is 82.6 Å². The zero-order chi connectivity index (χ0) is 10.7. The molecule has 0 aliphatic rings. The highest BCUT2D eigenvalue weighted by Crippen LogP contribution is 2.40. The van der Waals surface area contributed by atoms with Crippen molar-refractivity contribution in [2.45, 2.75) is 45.3 Å². The van der Waals surface area contributed by atoms with Gasteiger partial charge in [0.15, 0.2) is 0 Å². The minimum absolute atomic E-state index is 0.211. The molecule has 0 radical (unpaired) electrons. The van der Waals surface area contributed by atoms with E-state index in [1.54, 1.807) is 6.08 Å². The predicted molar refractivity (Wildman–Crippen MR) is 61.2 cm³/mol. The Morgan fingerprint density at radius 2 is 1.92 bits per heavy atom. The van der Waals surface area contributed by atoms with Crippen LogP contribution in [0.1, 0.15) is 27.2 Å². The largest absolute Gasteiger partial charge is 0.234 e. The van der Waals surface area contributed by atoms with Gasteiger partial charge in [0, 0.05) is 5.20 Å². The van der Waals surface area contributed by atoms with Crippen LogP contribution in [-0.2, 0) is 4.79 Å². The second-order valence-corrected chi connectivity index (χ2v) is 10.3. The van der Waals surface area contributed by atoms with Gasteiger partial charge in [-0.2, -0.15) is 0 Å². The van der Waals surface area contributed by atoms with Crippen molar-refractivity contribution in [3.63, 3.8) is 0 Å². The number of hydrogen-bond donors (Lipinski definition) is 0. The quantitative estimate of drug-likeness (QED) is 0.384. The SMILES string of the molecule is C=CCC(=C=O)[Si](C)(C)C(C)(C)C. The summed E-state index contributed by atoms with van der Waals surface area (Å²) in [6, 6.07) is 0. The Kier molecular flexibility index (Phi) is 3.89. The molecule has 0 aromatic rings. The van der Waals surface area contributed by atoms with Gasteiger partial charge in [0.1, 0.15) is 5.94 Å². The highest BCUT2D eigenvalue weighted by Gasteiger charge is 2.38. The molecular formula is C11H20OSi. The lowest BCUT2D eigenvalue weighted by molar-refractivity contribution is 0.567. The van der Waals surface area contributed by atoms with Gasteiger partial charge in [0.2, 0.25) is 0 Å². The molecule has 0 amide bonds. The van der Waals surface area contributed by atoms with Crippen LogP contribution in [0.15, 0.2) is 17.9 Å². The molecule has 1 nitrogen and oxygen atoms in total. The average molecular weight is 196 g/mol. The molecule has 0 atom stereocenters. The molecule has 0 fully saturated rings. The van der Waals surface area contributed by atoms with Gasteiger partial charge in [0.25, 0.3) is 0 Å². The van der Waals surface area contributed by atoms with E-state index in [1.807, 2.05) is 0 Å². The first-order chi connectivity index (χ1) is 5.77. The van der Waals surface area contributed by atoms with Crippen molar-refractivity contribution >= 4 is 14.0 Å². The van der Waals surface area contributed by atoms with E-state index in [9.17, 15) is 4.79 Å². The van der Waals surface area contributed by atoms with Crippen LogP contribution in [0.4, 0.5) is 0 Å². The molecule has 0 unspecified atom stereocenters. The first-order valence-corrected chi connectivity index (χ1v) is 7.62. The van der Waals surface area contributed by atoms with Crippen LogP contribution in [0, 0.1) is 0 Å². The van der Waals surface area contributed by atoms with Crippen molar-refractivity contribution in [2.75, 3.05) is 0 Å². The summed E-state index contributed by atoms with van der Waals surface area (Å²) in [4.78, 5) is 10.8. The van der Waals surface area contributed by atoms with E-state index < -0.39 is 8.07 Å². The number of carbonyl (C=O) groups excluding carboxylic acids is 1. The Balaban J connectivity index is 5.01. The highest BCUT2D eigenvalue weighted by atomic mass is 28.3. The van der Waals surface area contributed by atoms with Crippen LogP contribution < -0.4 is 0 Å². The third kappa shape index (κ3) is 2.68. The predicted octanol–water partition coefficient (Wildman–Crippen LogP) is 3.37. The first kappa shape index (κ1) is 12.4. The molecule has 0 rings (SSSR count). The lowest BCUT2D eigenvalue weighted by atomic mass is 10.2. The van der Waals surface area contributed by atoms with Crippen LogP contribution in [0.3, 0.4) is 0 Å². The molecule has 0 aliphatic carbocycles. The summed E-state index contributed by atoms with van der Waals surface area (Å²) in [6.45, 7) is 14.7. The van der Waals surface area contributed by atoms with Gasteiger partial charge in [-0.25, -0.2) is 4.79 Å². The summed E-state index contributed by atoms with van der Waals surface area (Å²) >= 11 is 0. The molecule has 0 N–H and O–H groups in total. The molecular weight excluding hydrogens is 176 g/mol. The van der Waals surface area contributed by atoms with E-state index >= 15 is 0 Å². The van der Waals surface area contributed by atoms with E-state index in [-0.39, 0.29) is 5.04 Å². The van der Waals surface area contributed by atoms with Crippen LogP contribution in [0.5, 0.6) is 0 Å². The van der Waals surface area contributed by atoms with E-state index in [4.69, 9.17) is 0 Å². The average Bonchev–Trinajstić information content (AvgIpc) is 1.97.